The third kappa shape index (κ3) is 3.01. The van der Waals surface area contributed by atoms with Crippen LogP contribution in [0.15, 0.2) is 0 Å². The largest absolute Gasteiger partial charge is 0.376 e. The molecule has 0 amide bonds. The van der Waals surface area contributed by atoms with Crippen LogP contribution in [0, 0.1) is 5.41 Å². The molecule has 0 aromatic rings. The predicted octanol–water partition coefficient (Wildman–Crippen LogP) is 1.88. The van der Waals surface area contributed by atoms with Gasteiger partial charge in [0.25, 0.3) is 0 Å². The molecule has 2 aliphatic heterocycles. The maximum Gasteiger partial charge on any atom is 0.0674 e. The lowest BCUT2D eigenvalue weighted by Crippen LogP contribution is -2.52. The standard InChI is InChI=1S/C14H28N2O/c1-4-13-9-17-12(3)8-16(13)11-14(5-2)6-7-15-10-14/h12-13,15H,4-11H2,1-3H3. The molecule has 0 aromatic heterocycles. The summed E-state index contributed by atoms with van der Waals surface area (Å²) in [4.78, 5) is 2.69. The zero-order chi connectivity index (χ0) is 12.3. The van der Waals surface area contributed by atoms with Gasteiger partial charge in [0.05, 0.1) is 12.7 Å². The van der Waals surface area contributed by atoms with Gasteiger partial charge in [-0.15, -0.1) is 0 Å². The Labute approximate surface area is 106 Å². The van der Waals surface area contributed by atoms with Crippen LogP contribution in [0.25, 0.3) is 0 Å². The molecule has 3 heteroatoms. The van der Waals surface area contributed by atoms with Crippen molar-refractivity contribution in [2.75, 3.05) is 32.8 Å². The van der Waals surface area contributed by atoms with E-state index in [1.165, 1.54) is 38.9 Å². The third-order valence-electron chi connectivity index (χ3n) is 4.67. The van der Waals surface area contributed by atoms with Crippen molar-refractivity contribution in [2.45, 2.75) is 52.2 Å². The molecule has 0 radical (unpaired) electrons. The van der Waals surface area contributed by atoms with E-state index in [0.717, 1.165) is 13.2 Å². The maximum atomic E-state index is 5.79. The molecule has 0 saturated carbocycles. The van der Waals surface area contributed by atoms with Gasteiger partial charge in [-0.25, -0.2) is 0 Å². The lowest BCUT2D eigenvalue weighted by molar-refractivity contribution is -0.0682. The minimum atomic E-state index is 0.404. The summed E-state index contributed by atoms with van der Waals surface area (Å²) in [6.07, 6.45) is 4.24. The zero-order valence-electron chi connectivity index (χ0n) is 11.7. The number of morpholine rings is 1. The predicted molar refractivity (Wildman–Crippen MR) is 71.3 cm³/mol. The van der Waals surface area contributed by atoms with E-state index in [9.17, 15) is 0 Å². The van der Waals surface area contributed by atoms with Crippen molar-refractivity contribution in [3.8, 4) is 0 Å². The highest BCUT2D eigenvalue weighted by molar-refractivity contribution is 4.92. The molecule has 2 aliphatic rings. The van der Waals surface area contributed by atoms with Gasteiger partial charge in [0.15, 0.2) is 0 Å². The van der Waals surface area contributed by atoms with Gasteiger partial charge in [-0.05, 0) is 38.1 Å². The van der Waals surface area contributed by atoms with E-state index in [-0.39, 0.29) is 0 Å². The Hall–Kier alpha value is -0.120. The second-order valence-electron chi connectivity index (χ2n) is 5.92. The van der Waals surface area contributed by atoms with Crippen molar-refractivity contribution in [1.29, 1.82) is 0 Å². The van der Waals surface area contributed by atoms with Gasteiger partial charge >= 0.3 is 0 Å². The number of hydrogen-bond acceptors (Lipinski definition) is 3. The minimum absolute atomic E-state index is 0.404. The highest BCUT2D eigenvalue weighted by Crippen LogP contribution is 2.32. The zero-order valence-corrected chi connectivity index (χ0v) is 11.7. The quantitative estimate of drug-likeness (QED) is 0.812. The summed E-state index contributed by atoms with van der Waals surface area (Å²) in [6.45, 7) is 12.5. The van der Waals surface area contributed by atoms with Gasteiger partial charge < -0.3 is 10.1 Å². The summed E-state index contributed by atoms with van der Waals surface area (Å²) in [6, 6.07) is 0.634. The third-order valence-corrected chi connectivity index (χ3v) is 4.67. The first-order valence-corrected chi connectivity index (χ1v) is 7.25. The number of hydrogen-bond donors (Lipinski definition) is 1. The average molecular weight is 240 g/mol. The first-order chi connectivity index (χ1) is 8.19. The molecule has 3 unspecified atom stereocenters. The molecule has 2 rings (SSSR count). The van der Waals surface area contributed by atoms with Crippen LogP contribution in [0.4, 0.5) is 0 Å². The molecular weight excluding hydrogens is 212 g/mol. The summed E-state index contributed by atoms with van der Waals surface area (Å²) >= 11 is 0. The molecule has 3 atom stereocenters. The van der Waals surface area contributed by atoms with Crippen molar-refractivity contribution in [2.24, 2.45) is 5.41 Å². The Morgan fingerprint density at radius 2 is 2.24 bits per heavy atom. The van der Waals surface area contributed by atoms with Crippen molar-refractivity contribution >= 4 is 0 Å². The van der Waals surface area contributed by atoms with E-state index in [0.29, 0.717) is 17.6 Å². The highest BCUT2D eigenvalue weighted by atomic mass is 16.5. The van der Waals surface area contributed by atoms with Gasteiger partial charge in [0, 0.05) is 25.7 Å². The van der Waals surface area contributed by atoms with E-state index in [4.69, 9.17) is 4.74 Å². The fourth-order valence-corrected chi connectivity index (χ4v) is 3.26. The highest BCUT2D eigenvalue weighted by Gasteiger charge is 2.37. The van der Waals surface area contributed by atoms with Crippen LogP contribution in [0.1, 0.15) is 40.0 Å². The number of rotatable bonds is 4. The Balaban J connectivity index is 1.98. The molecule has 3 nitrogen and oxygen atoms in total. The lowest BCUT2D eigenvalue weighted by Gasteiger charge is -2.43. The molecule has 2 fully saturated rings. The molecule has 100 valence electrons. The molecule has 0 aliphatic carbocycles. The van der Waals surface area contributed by atoms with Gasteiger partial charge in [-0.2, -0.15) is 0 Å². The Bertz CT molecular complexity index is 238. The second-order valence-corrected chi connectivity index (χ2v) is 5.92. The summed E-state index contributed by atoms with van der Waals surface area (Å²) in [5, 5.41) is 3.54. The molecular formula is C14H28N2O. The fourth-order valence-electron chi connectivity index (χ4n) is 3.26. The molecule has 0 spiro atoms. The fraction of sp³-hybridized carbons (Fsp3) is 1.00. The number of nitrogens with zero attached hydrogens (tertiary/aromatic N) is 1. The monoisotopic (exact) mass is 240 g/mol. The Morgan fingerprint density at radius 1 is 1.41 bits per heavy atom. The van der Waals surface area contributed by atoms with Gasteiger partial charge in [-0.3, -0.25) is 4.90 Å². The van der Waals surface area contributed by atoms with Crippen molar-refractivity contribution in [3.63, 3.8) is 0 Å². The summed E-state index contributed by atoms with van der Waals surface area (Å²) < 4.78 is 5.79. The topological polar surface area (TPSA) is 24.5 Å². The summed E-state index contributed by atoms with van der Waals surface area (Å²) in [7, 11) is 0. The van der Waals surface area contributed by atoms with E-state index in [1.54, 1.807) is 0 Å². The Kier molecular flexibility index (Phi) is 4.45. The normalized spacial score (nSPS) is 39.7. The van der Waals surface area contributed by atoms with E-state index < -0.39 is 0 Å². The van der Waals surface area contributed by atoms with Crippen LogP contribution in [-0.2, 0) is 4.74 Å². The van der Waals surface area contributed by atoms with E-state index in [1.807, 2.05) is 0 Å². The molecule has 1 N–H and O–H groups in total. The number of nitrogens with one attached hydrogen (secondary N) is 1. The first kappa shape index (κ1) is 13.3. The van der Waals surface area contributed by atoms with Crippen molar-refractivity contribution in [3.05, 3.63) is 0 Å². The van der Waals surface area contributed by atoms with Crippen LogP contribution in [-0.4, -0.2) is 49.8 Å². The number of ether oxygens (including phenoxy) is 1. The van der Waals surface area contributed by atoms with Gasteiger partial charge in [-0.1, -0.05) is 13.8 Å². The molecule has 2 saturated heterocycles. The van der Waals surface area contributed by atoms with E-state index >= 15 is 0 Å². The second kappa shape index (κ2) is 5.68. The maximum absolute atomic E-state index is 5.79. The molecule has 17 heavy (non-hydrogen) atoms. The average Bonchev–Trinajstić information content (AvgIpc) is 2.79. The van der Waals surface area contributed by atoms with Gasteiger partial charge in [0.1, 0.15) is 0 Å². The van der Waals surface area contributed by atoms with Crippen LogP contribution in [0.3, 0.4) is 0 Å². The van der Waals surface area contributed by atoms with E-state index in [2.05, 4.69) is 31.0 Å². The van der Waals surface area contributed by atoms with Gasteiger partial charge in [0.2, 0.25) is 0 Å². The molecule has 0 aromatic carbocycles. The lowest BCUT2D eigenvalue weighted by atomic mass is 9.83. The van der Waals surface area contributed by atoms with Crippen LogP contribution < -0.4 is 5.32 Å². The van der Waals surface area contributed by atoms with Crippen molar-refractivity contribution in [1.82, 2.24) is 10.2 Å². The first-order valence-electron chi connectivity index (χ1n) is 7.25. The summed E-state index contributed by atoms with van der Waals surface area (Å²) in [5.74, 6) is 0. The molecule has 0 bridgehead atoms. The smallest absolute Gasteiger partial charge is 0.0674 e. The Morgan fingerprint density at radius 3 is 2.82 bits per heavy atom. The van der Waals surface area contributed by atoms with Crippen LogP contribution in [0.5, 0.6) is 0 Å². The molecule has 2 heterocycles. The SMILES string of the molecule is CCC1COC(C)CN1CC1(CC)CCNC1. The minimum Gasteiger partial charge on any atom is -0.376 e. The summed E-state index contributed by atoms with van der Waals surface area (Å²) in [5.41, 5.74) is 0.518. The van der Waals surface area contributed by atoms with Crippen LogP contribution >= 0.6 is 0 Å². The van der Waals surface area contributed by atoms with Crippen molar-refractivity contribution < 1.29 is 4.74 Å². The van der Waals surface area contributed by atoms with Crippen LogP contribution in [0.2, 0.25) is 0 Å².